The van der Waals surface area contributed by atoms with Gasteiger partial charge in [-0.05, 0) is 74.1 Å². The van der Waals surface area contributed by atoms with Gasteiger partial charge in [0.05, 0.1) is 19.4 Å². The van der Waals surface area contributed by atoms with Crippen molar-refractivity contribution in [1.82, 2.24) is 0 Å². The van der Waals surface area contributed by atoms with Crippen molar-refractivity contribution in [2.75, 3.05) is 26.4 Å². The molecule has 29 heteroatoms. The van der Waals surface area contributed by atoms with Crippen LogP contribution in [0.25, 0.3) is 0 Å². The van der Waals surface area contributed by atoms with Gasteiger partial charge < -0.3 is 33.5 Å². The van der Waals surface area contributed by atoms with E-state index < -0.39 is 131 Å². The van der Waals surface area contributed by atoms with Crippen LogP contribution in [-0.2, 0) is 57.8 Å². The molecule has 0 saturated carbocycles. The first-order chi connectivity index (χ1) is 36.0. The van der Waals surface area contributed by atoms with Crippen molar-refractivity contribution in [3.05, 3.63) is 34.9 Å². The van der Waals surface area contributed by atoms with Gasteiger partial charge in [0.2, 0.25) is 0 Å². The second-order valence-corrected chi connectivity index (χ2v) is 18.5. The lowest BCUT2D eigenvalue weighted by Gasteiger charge is -2.20. The van der Waals surface area contributed by atoms with Crippen LogP contribution in [0.1, 0.15) is 171 Å². The molecule has 0 spiro atoms. The Balaban J connectivity index is 2.79. The zero-order chi connectivity index (χ0) is 59.3. The Labute approximate surface area is 438 Å². The highest BCUT2D eigenvalue weighted by atomic mass is 19.4. The molecule has 0 amide bonds. The van der Waals surface area contributed by atoms with Crippen LogP contribution in [0.5, 0.6) is 0 Å². The molecule has 9 nitrogen and oxygen atoms in total. The van der Waals surface area contributed by atoms with Gasteiger partial charge >= 0.3 is 60.3 Å². The predicted octanol–water partition coefficient (Wildman–Crippen LogP) is 16.1. The fourth-order valence-electron chi connectivity index (χ4n) is 7.11. The molecule has 0 atom stereocenters. The highest BCUT2D eigenvalue weighted by Gasteiger charge is 2.58. The number of esters is 2. The topological polar surface area (TPSA) is 110 Å². The quantitative estimate of drug-likeness (QED) is 0.0296. The van der Waals surface area contributed by atoms with Crippen LogP contribution in [0, 0.1) is 0 Å². The van der Waals surface area contributed by atoms with E-state index in [4.69, 9.17) is 28.4 Å². The summed E-state index contributed by atoms with van der Waals surface area (Å²) in [7, 11) is 0. The van der Waals surface area contributed by atoms with Crippen molar-refractivity contribution in [1.29, 1.82) is 0 Å². The summed E-state index contributed by atoms with van der Waals surface area (Å²) in [6.07, 6.45) is -31.7. The van der Waals surface area contributed by atoms with Crippen LogP contribution in [0.2, 0.25) is 0 Å². The summed E-state index contributed by atoms with van der Waals surface area (Å²) in [4.78, 5) is 25.6. The number of unbranched alkanes of at least 4 members (excludes halogenated alkanes) is 12. The fourth-order valence-corrected chi connectivity index (χ4v) is 7.11. The molecule has 1 aromatic carbocycles. The molecule has 0 aliphatic rings. The minimum absolute atomic E-state index is 0.00354. The molecule has 0 fully saturated rings. The number of aliphatic hydroxyl groups excluding tert-OH is 1. The van der Waals surface area contributed by atoms with E-state index >= 15 is 0 Å². The van der Waals surface area contributed by atoms with Crippen molar-refractivity contribution >= 4 is 11.9 Å². The maximum absolute atomic E-state index is 13.2. The minimum atomic E-state index is -5.69. The number of alkyl halides is 20. The molecule has 0 aromatic heterocycles. The molecule has 0 bridgehead atoms. The summed E-state index contributed by atoms with van der Waals surface area (Å²) < 4.78 is 288. The van der Waals surface area contributed by atoms with Gasteiger partial charge in [-0.1, -0.05) is 63.5 Å². The molecule has 1 aromatic rings. The van der Waals surface area contributed by atoms with E-state index in [-0.39, 0.29) is 142 Å². The third-order valence-electron chi connectivity index (χ3n) is 11.7. The highest BCUT2D eigenvalue weighted by Crippen LogP contribution is 2.42. The van der Waals surface area contributed by atoms with E-state index in [0.29, 0.717) is 16.7 Å². The third kappa shape index (κ3) is 30.4. The first-order valence-corrected chi connectivity index (χ1v) is 25.3. The Morgan fingerprint density at radius 3 is 0.821 bits per heavy atom. The highest BCUT2D eigenvalue weighted by molar-refractivity contribution is 5.69. The van der Waals surface area contributed by atoms with E-state index in [1.807, 2.05) is 0 Å². The first-order valence-electron chi connectivity index (χ1n) is 25.3. The number of carbonyl (C=O) groups excluding carboxylic acids is 2. The van der Waals surface area contributed by atoms with Gasteiger partial charge in [0.25, 0.3) is 0 Å². The number of benzene rings is 1. The summed E-state index contributed by atoms with van der Waals surface area (Å²) in [6, 6.07) is 4.42. The maximum Gasteiger partial charge on any atom is 0.453 e. The predicted molar refractivity (Wildman–Crippen MR) is 238 cm³/mol. The van der Waals surface area contributed by atoms with Crippen LogP contribution in [-0.4, -0.2) is 104 Å². The Bertz CT molecular complexity index is 1610. The molecule has 0 radical (unpaired) electrons. The Morgan fingerprint density at radius 2 is 0.590 bits per heavy atom. The smallest absolute Gasteiger partial charge is 0.453 e. The summed E-state index contributed by atoms with van der Waals surface area (Å²) in [5.74, 6) is -21.0. The lowest BCUT2D eigenvalue weighted by atomic mass is 10.1. The van der Waals surface area contributed by atoms with Crippen molar-refractivity contribution in [3.8, 4) is 0 Å². The Kier molecular flexibility index (Phi) is 32.3. The SMILES string of the molecule is O=C(CCC(OCCCCCCC(F)(F)C(F)(F)F)OCCCCCCC(F)(F)C(F)(F)F)OCc1cc(CO)cc(COC(=O)CCC(OCCCCCCC(F)(F)C(F)(F)F)OCCCCCCC(F)(F)C(F)(F)F)c1. The van der Waals surface area contributed by atoms with Gasteiger partial charge in [-0.3, -0.25) is 9.59 Å². The number of aliphatic hydroxyl groups is 1. The zero-order valence-electron chi connectivity index (χ0n) is 42.6. The van der Waals surface area contributed by atoms with Crippen LogP contribution in [0.3, 0.4) is 0 Å². The van der Waals surface area contributed by atoms with E-state index in [2.05, 4.69) is 0 Å². The molecule has 1 N–H and O–H groups in total. The minimum Gasteiger partial charge on any atom is -0.461 e. The molecule has 0 aliphatic carbocycles. The summed E-state index contributed by atoms with van der Waals surface area (Å²) in [5.41, 5.74) is 0.969. The van der Waals surface area contributed by atoms with Crippen LogP contribution >= 0.6 is 0 Å². The molecule has 1 rings (SSSR count). The molecular weight excluding hydrogens is 1110 g/mol. The van der Waals surface area contributed by atoms with Crippen molar-refractivity contribution in [2.24, 2.45) is 0 Å². The van der Waals surface area contributed by atoms with Gasteiger partial charge in [-0.15, -0.1) is 0 Å². The van der Waals surface area contributed by atoms with Gasteiger partial charge in [0, 0.05) is 65.0 Å². The van der Waals surface area contributed by atoms with E-state index in [0.717, 1.165) is 0 Å². The molecule has 0 aliphatic heterocycles. The number of halogens is 20. The summed E-state index contributed by atoms with van der Waals surface area (Å²) in [5, 5.41) is 9.85. The number of rotatable bonds is 43. The molecule has 0 unspecified atom stereocenters. The largest absolute Gasteiger partial charge is 0.461 e. The third-order valence-corrected chi connectivity index (χ3v) is 11.7. The van der Waals surface area contributed by atoms with Gasteiger partial charge in [-0.2, -0.15) is 87.8 Å². The lowest BCUT2D eigenvalue weighted by molar-refractivity contribution is -0.284. The number of hydrogen-bond donors (Lipinski definition) is 1. The van der Waals surface area contributed by atoms with Gasteiger partial charge in [0.1, 0.15) is 13.2 Å². The van der Waals surface area contributed by atoms with Crippen molar-refractivity contribution in [2.45, 2.75) is 235 Å². The van der Waals surface area contributed by atoms with Gasteiger partial charge in [0.15, 0.2) is 12.6 Å². The van der Waals surface area contributed by atoms with Crippen LogP contribution in [0.4, 0.5) is 87.8 Å². The van der Waals surface area contributed by atoms with E-state index in [1.54, 1.807) is 0 Å². The van der Waals surface area contributed by atoms with Crippen LogP contribution in [0.15, 0.2) is 18.2 Å². The molecule has 0 saturated heterocycles. The fraction of sp³-hybridized carbons (Fsp3) is 0.837. The first kappa shape index (κ1) is 72.6. The lowest BCUT2D eigenvalue weighted by Crippen LogP contribution is -2.36. The van der Waals surface area contributed by atoms with Crippen LogP contribution < -0.4 is 0 Å². The molecule has 458 valence electrons. The Morgan fingerprint density at radius 1 is 0.359 bits per heavy atom. The number of hydrogen-bond acceptors (Lipinski definition) is 9. The van der Waals surface area contributed by atoms with Gasteiger partial charge in [-0.25, -0.2) is 0 Å². The molecular formula is C49H68F20O9. The Hall–Kier alpha value is -3.44. The monoisotopic (exact) mass is 1180 g/mol. The van der Waals surface area contributed by atoms with Crippen molar-refractivity contribution in [3.63, 3.8) is 0 Å². The summed E-state index contributed by atoms with van der Waals surface area (Å²) >= 11 is 0. The zero-order valence-corrected chi connectivity index (χ0v) is 42.6. The molecule has 0 heterocycles. The van der Waals surface area contributed by atoms with E-state index in [9.17, 15) is 103 Å². The summed E-state index contributed by atoms with van der Waals surface area (Å²) in [6.45, 7) is -1.57. The number of carbonyl (C=O) groups is 2. The molecule has 78 heavy (non-hydrogen) atoms. The maximum atomic E-state index is 13.2. The average molecular weight is 1180 g/mol. The van der Waals surface area contributed by atoms with Crippen molar-refractivity contribution < 1.29 is 131 Å². The average Bonchev–Trinajstić information content (AvgIpc) is 3.32. The second-order valence-electron chi connectivity index (χ2n) is 18.5. The normalized spacial score (nSPS) is 13.5. The van der Waals surface area contributed by atoms with E-state index in [1.165, 1.54) is 18.2 Å². The number of ether oxygens (including phenoxy) is 6. The second kappa shape index (κ2) is 34.8. The standard InChI is InChI=1S/C49H68F20O9/c50-42(51,46(58,59)60)21-9-1-5-13-25-73-40(74-26-14-6-2-10-22-43(52,53)47(61,62)63)19-17-38(71)77-33-36-29-35(32-70)30-37(31-36)34-78-39(72)18-20-41(75-27-15-7-3-11-23-44(54,55)48(64,65)66)76-28-16-8-4-12-24-45(56,57)49(67,68)69/h29-31,40-41,70H,1-28,32-34H2.